The van der Waals surface area contributed by atoms with Gasteiger partial charge >= 0.3 is 5.97 Å². The minimum absolute atomic E-state index is 0.0761. The highest BCUT2D eigenvalue weighted by Crippen LogP contribution is 2.46. The van der Waals surface area contributed by atoms with Crippen LogP contribution in [0.4, 0.5) is 0 Å². The van der Waals surface area contributed by atoms with Crippen molar-refractivity contribution in [1.82, 2.24) is 20.1 Å². The Morgan fingerprint density at radius 2 is 2.38 bits per heavy atom. The number of carbonyl (C=O) groups is 2. The van der Waals surface area contributed by atoms with Crippen molar-refractivity contribution < 1.29 is 14.3 Å². The van der Waals surface area contributed by atoms with Crippen LogP contribution < -0.4 is 5.32 Å². The first kappa shape index (κ1) is 15.9. The van der Waals surface area contributed by atoms with E-state index < -0.39 is 5.97 Å². The summed E-state index contributed by atoms with van der Waals surface area (Å²) >= 11 is 0. The molecule has 0 aromatic carbocycles. The SMILES string of the molecule is CCOC(=O)CNC(=O)CC1CC1n1nc(C#N)c2ccncc21. The van der Waals surface area contributed by atoms with Gasteiger partial charge in [0, 0.05) is 18.0 Å². The molecule has 0 aliphatic heterocycles. The summed E-state index contributed by atoms with van der Waals surface area (Å²) in [6.07, 6.45) is 4.43. The second kappa shape index (κ2) is 6.66. The van der Waals surface area contributed by atoms with Crippen LogP contribution >= 0.6 is 0 Å². The third-order valence-corrected chi connectivity index (χ3v) is 4.00. The lowest BCUT2D eigenvalue weighted by molar-refractivity contribution is -0.143. The van der Waals surface area contributed by atoms with Crippen LogP contribution in [-0.2, 0) is 14.3 Å². The molecule has 2 atom stereocenters. The fraction of sp³-hybridized carbons (Fsp3) is 0.438. The summed E-state index contributed by atoms with van der Waals surface area (Å²) in [5.41, 5.74) is 1.17. The lowest BCUT2D eigenvalue weighted by atomic mass is 10.2. The van der Waals surface area contributed by atoms with E-state index in [9.17, 15) is 14.9 Å². The number of nitriles is 1. The predicted molar refractivity (Wildman–Crippen MR) is 83.6 cm³/mol. The molecule has 8 heteroatoms. The minimum atomic E-state index is -0.444. The number of aromatic nitrogens is 3. The zero-order valence-electron chi connectivity index (χ0n) is 13.2. The average molecular weight is 327 g/mol. The van der Waals surface area contributed by atoms with Crippen LogP contribution in [0.25, 0.3) is 10.9 Å². The zero-order valence-corrected chi connectivity index (χ0v) is 13.2. The van der Waals surface area contributed by atoms with Crippen molar-refractivity contribution in [2.24, 2.45) is 5.92 Å². The number of ether oxygens (including phenoxy) is 1. The summed E-state index contributed by atoms with van der Waals surface area (Å²) < 4.78 is 6.54. The van der Waals surface area contributed by atoms with E-state index in [4.69, 9.17) is 4.74 Å². The molecule has 1 amide bonds. The molecule has 1 aliphatic carbocycles. The average Bonchev–Trinajstić information content (AvgIpc) is 3.23. The molecule has 1 fully saturated rings. The lowest BCUT2D eigenvalue weighted by Gasteiger charge is -2.05. The van der Waals surface area contributed by atoms with Crippen LogP contribution in [0.5, 0.6) is 0 Å². The molecule has 0 radical (unpaired) electrons. The highest BCUT2D eigenvalue weighted by molar-refractivity contribution is 5.84. The van der Waals surface area contributed by atoms with Gasteiger partial charge in [0.2, 0.25) is 5.91 Å². The van der Waals surface area contributed by atoms with E-state index in [0.29, 0.717) is 18.7 Å². The van der Waals surface area contributed by atoms with E-state index in [-0.39, 0.29) is 24.4 Å². The van der Waals surface area contributed by atoms with E-state index in [1.54, 1.807) is 30.1 Å². The number of hydrogen-bond donors (Lipinski definition) is 1. The number of rotatable bonds is 6. The number of carbonyl (C=O) groups excluding carboxylic acids is 2. The molecule has 3 rings (SSSR count). The Balaban J connectivity index is 1.61. The second-order valence-corrected chi connectivity index (χ2v) is 5.65. The Kier molecular flexibility index (Phi) is 4.42. The maximum Gasteiger partial charge on any atom is 0.325 e. The molecule has 1 N–H and O–H groups in total. The molecule has 24 heavy (non-hydrogen) atoms. The third kappa shape index (κ3) is 3.20. The summed E-state index contributed by atoms with van der Waals surface area (Å²) in [5.74, 6) is -0.492. The third-order valence-electron chi connectivity index (χ3n) is 4.00. The van der Waals surface area contributed by atoms with E-state index >= 15 is 0 Å². The van der Waals surface area contributed by atoms with Crippen LogP contribution in [0.1, 0.15) is 31.5 Å². The quantitative estimate of drug-likeness (QED) is 0.790. The Morgan fingerprint density at radius 3 is 3.12 bits per heavy atom. The van der Waals surface area contributed by atoms with Gasteiger partial charge in [0.15, 0.2) is 5.69 Å². The molecule has 0 saturated heterocycles. The van der Waals surface area contributed by atoms with Gasteiger partial charge < -0.3 is 10.1 Å². The van der Waals surface area contributed by atoms with Gasteiger partial charge in [-0.05, 0) is 25.3 Å². The summed E-state index contributed by atoms with van der Waals surface area (Å²) in [7, 11) is 0. The summed E-state index contributed by atoms with van der Waals surface area (Å²) in [6, 6.07) is 3.92. The largest absolute Gasteiger partial charge is 0.465 e. The van der Waals surface area contributed by atoms with Crippen LogP contribution in [-0.4, -0.2) is 39.8 Å². The first-order valence-electron chi connectivity index (χ1n) is 7.78. The molecular weight excluding hydrogens is 310 g/mol. The molecule has 2 heterocycles. The molecule has 0 bridgehead atoms. The predicted octanol–water partition coefficient (Wildman–Crippen LogP) is 0.933. The van der Waals surface area contributed by atoms with Crippen molar-refractivity contribution in [1.29, 1.82) is 5.26 Å². The number of nitrogens with one attached hydrogen (secondary N) is 1. The highest BCUT2D eigenvalue weighted by Gasteiger charge is 2.41. The fourth-order valence-electron chi connectivity index (χ4n) is 2.76. The van der Waals surface area contributed by atoms with Gasteiger partial charge in [-0.1, -0.05) is 0 Å². The van der Waals surface area contributed by atoms with Crippen LogP contribution in [0.2, 0.25) is 0 Å². The van der Waals surface area contributed by atoms with Gasteiger partial charge in [-0.2, -0.15) is 10.4 Å². The maximum atomic E-state index is 11.9. The highest BCUT2D eigenvalue weighted by atomic mass is 16.5. The number of fused-ring (bicyclic) bond motifs is 1. The molecule has 124 valence electrons. The zero-order chi connectivity index (χ0) is 17.1. The molecule has 8 nitrogen and oxygen atoms in total. The smallest absolute Gasteiger partial charge is 0.325 e. The molecule has 1 saturated carbocycles. The number of hydrogen-bond acceptors (Lipinski definition) is 6. The maximum absolute atomic E-state index is 11.9. The normalized spacial score (nSPS) is 18.8. The molecule has 2 unspecified atom stereocenters. The van der Waals surface area contributed by atoms with Crippen LogP contribution in [0, 0.1) is 17.2 Å². The van der Waals surface area contributed by atoms with Gasteiger partial charge in [-0.15, -0.1) is 0 Å². The van der Waals surface area contributed by atoms with Crippen LogP contribution in [0.15, 0.2) is 18.5 Å². The van der Waals surface area contributed by atoms with Gasteiger partial charge in [-0.25, -0.2) is 0 Å². The Hall–Kier alpha value is -2.95. The molecule has 0 spiro atoms. The first-order valence-corrected chi connectivity index (χ1v) is 7.78. The van der Waals surface area contributed by atoms with Crippen LogP contribution in [0.3, 0.4) is 0 Å². The fourth-order valence-corrected chi connectivity index (χ4v) is 2.76. The molecule has 1 aliphatic rings. The number of esters is 1. The molecular formula is C16H17N5O3. The van der Waals surface area contributed by atoms with Crippen molar-refractivity contribution in [3.05, 3.63) is 24.2 Å². The Labute approximate surface area is 138 Å². The van der Waals surface area contributed by atoms with Crippen molar-refractivity contribution in [2.75, 3.05) is 13.2 Å². The lowest BCUT2D eigenvalue weighted by Crippen LogP contribution is -2.30. The van der Waals surface area contributed by atoms with Gasteiger partial charge in [0.25, 0.3) is 0 Å². The van der Waals surface area contributed by atoms with Crippen molar-refractivity contribution in [3.63, 3.8) is 0 Å². The van der Waals surface area contributed by atoms with Gasteiger partial charge in [0.1, 0.15) is 12.6 Å². The number of pyridine rings is 1. The minimum Gasteiger partial charge on any atom is -0.465 e. The van der Waals surface area contributed by atoms with Crippen molar-refractivity contribution in [2.45, 2.75) is 25.8 Å². The monoisotopic (exact) mass is 327 g/mol. The van der Waals surface area contributed by atoms with Gasteiger partial charge in [-0.3, -0.25) is 19.3 Å². The summed E-state index contributed by atoms with van der Waals surface area (Å²) in [4.78, 5) is 27.2. The Bertz CT molecular complexity index is 823. The standard InChI is InChI=1S/C16H17N5O3/c1-2-24-16(23)9-19-15(22)6-10-5-13(10)21-14-8-18-4-3-11(14)12(7-17)20-21/h3-4,8,10,13H,2,5-6,9H2,1H3,(H,19,22). The number of nitrogens with zero attached hydrogens (tertiary/aromatic N) is 4. The van der Waals surface area contributed by atoms with E-state index in [1.165, 1.54) is 0 Å². The Morgan fingerprint density at radius 1 is 1.54 bits per heavy atom. The van der Waals surface area contributed by atoms with Gasteiger partial charge in [0.05, 0.1) is 24.4 Å². The topological polar surface area (TPSA) is 110 Å². The van der Waals surface area contributed by atoms with E-state index in [0.717, 1.165) is 17.3 Å². The molecule has 2 aromatic rings. The molecule has 2 aromatic heterocycles. The summed E-state index contributed by atoms with van der Waals surface area (Å²) in [6.45, 7) is 1.89. The first-order chi connectivity index (χ1) is 11.6. The second-order valence-electron chi connectivity index (χ2n) is 5.65. The van der Waals surface area contributed by atoms with E-state index in [1.807, 2.05) is 0 Å². The number of amides is 1. The summed E-state index contributed by atoms with van der Waals surface area (Å²) in [5, 5.41) is 16.8. The van der Waals surface area contributed by atoms with Crippen molar-refractivity contribution in [3.8, 4) is 6.07 Å². The van der Waals surface area contributed by atoms with E-state index in [2.05, 4.69) is 21.5 Å². The van der Waals surface area contributed by atoms with Crippen molar-refractivity contribution >= 4 is 22.8 Å².